The van der Waals surface area contributed by atoms with Crippen LogP contribution in [0.2, 0.25) is 0 Å². The highest BCUT2D eigenvalue weighted by Crippen LogP contribution is 2.26. The third kappa shape index (κ3) is 5.01. The molecular weight excluding hydrogens is 352 g/mol. The first-order valence-electron chi connectivity index (χ1n) is 9.94. The Morgan fingerprint density at radius 2 is 2.11 bits per heavy atom. The predicted octanol–water partition coefficient (Wildman–Crippen LogP) is 3.92. The number of hydrogen-bond donors (Lipinski definition) is 1. The molecule has 1 aliphatic rings. The van der Waals surface area contributed by atoms with Gasteiger partial charge in [0, 0.05) is 38.1 Å². The lowest BCUT2D eigenvalue weighted by Crippen LogP contribution is -2.50. The molecule has 1 fully saturated rings. The maximum Gasteiger partial charge on any atom is 0.322 e. The summed E-state index contributed by atoms with van der Waals surface area (Å²) in [6, 6.07) is 10.2. The number of aromatic nitrogens is 1. The summed E-state index contributed by atoms with van der Waals surface area (Å²) in [5.41, 5.74) is 3.06. The molecule has 2 heterocycles. The Morgan fingerprint density at radius 3 is 2.82 bits per heavy atom. The number of carbonyl (C=O) groups excluding carboxylic acids is 1. The summed E-state index contributed by atoms with van der Waals surface area (Å²) in [5, 5.41) is 3.03. The van der Waals surface area contributed by atoms with Crippen molar-refractivity contribution in [3.05, 3.63) is 53.9 Å². The van der Waals surface area contributed by atoms with Crippen LogP contribution in [0.25, 0.3) is 0 Å². The molecule has 1 unspecified atom stereocenters. The van der Waals surface area contributed by atoms with Crippen LogP contribution in [0.5, 0.6) is 5.75 Å². The van der Waals surface area contributed by atoms with Crippen LogP contribution in [0, 0.1) is 6.92 Å². The SMILES string of the molecule is CCN(Cc1ccncc1)C1CCCN(C(=O)Nc2cc(C)ccc2OC)C1. The molecule has 3 rings (SSSR count). The summed E-state index contributed by atoms with van der Waals surface area (Å²) in [6.07, 6.45) is 5.78. The van der Waals surface area contributed by atoms with Crippen LogP contribution >= 0.6 is 0 Å². The normalized spacial score (nSPS) is 16.9. The Morgan fingerprint density at radius 1 is 1.32 bits per heavy atom. The molecule has 0 bridgehead atoms. The van der Waals surface area contributed by atoms with Crippen molar-refractivity contribution in [1.82, 2.24) is 14.8 Å². The number of likely N-dealkylation sites (N-methyl/N-ethyl adjacent to an activating group) is 1. The lowest BCUT2D eigenvalue weighted by Gasteiger charge is -2.39. The highest BCUT2D eigenvalue weighted by Gasteiger charge is 2.27. The number of anilines is 1. The summed E-state index contributed by atoms with van der Waals surface area (Å²) in [7, 11) is 1.62. The fourth-order valence-corrected chi connectivity index (χ4v) is 3.77. The molecule has 1 aliphatic heterocycles. The number of ether oxygens (including phenoxy) is 1. The van der Waals surface area contributed by atoms with Crippen LogP contribution in [0.15, 0.2) is 42.7 Å². The lowest BCUT2D eigenvalue weighted by molar-refractivity contribution is 0.112. The van der Waals surface area contributed by atoms with Gasteiger partial charge in [0.1, 0.15) is 5.75 Å². The van der Waals surface area contributed by atoms with E-state index in [4.69, 9.17) is 4.74 Å². The first kappa shape index (κ1) is 20.1. The Labute approximate surface area is 167 Å². The monoisotopic (exact) mass is 382 g/mol. The predicted molar refractivity (Wildman–Crippen MR) is 112 cm³/mol. The van der Waals surface area contributed by atoms with E-state index in [2.05, 4.69) is 34.3 Å². The van der Waals surface area contributed by atoms with Crippen LogP contribution in [-0.4, -0.2) is 53.6 Å². The van der Waals surface area contributed by atoms with Gasteiger partial charge in [0.15, 0.2) is 0 Å². The first-order chi connectivity index (χ1) is 13.6. The summed E-state index contributed by atoms with van der Waals surface area (Å²) in [4.78, 5) is 21.4. The molecule has 1 saturated heterocycles. The number of rotatable bonds is 6. The van der Waals surface area contributed by atoms with Crippen molar-refractivity contribution >= 4 is 11.7 Å². The molecule has 2 amide bonds. The number of urea groups is 1. The standard InChI is InChI=1S/C22H30N4O2/c1-4-25(15-18-9-11-23-12-10-18)19-6-5-13-26(16-19)22(27)24-20-14-17(2)7-8-21(20)28-3/h7-12,14,19H,4-6,13,15-16H2,1-3H3,(H,24,27). The molecule has 0 spiro atoms. The van der Waals surface area contributed by atoms with Crippen molar-refractivity contribution in [1.29, 1.82) is 0 Å². The van der Waals surface area contributed by atoms with E-state index >= 15 is 0 Å². The summed E-state index contributed by atoms with van der Waals surface area (Å²) in [5.74, 6) is 0.681. The summed E-state index contributed by atoms with van der Waals surface area (Å²) in [6.45, 7) is 7.53. The minimum absolute atomic E-state index is 0.0615. The van der Waals surface area contributed by atoms with E-state index in [9.17, 15) is 4.79 Å². The van der Waals surface area contributed by atoms with E-state index in [1.165, 1.54) is 5.56 Å². The molecular formula is C22H30N4O2. The second kappa shape index (κ2) is 9.55. The number of aryl methyl sites for hydroxylation is 1. The number of benzene rings is 1. The molecule has 6 nitrogen and oxygen atoms in total. The van der Waals surface area contributed by atoms with Gasteiger partial charge < -0.3 is 15.0 Å². The number of nitrogens with zero attached hydrogens (tertiary/aromatic N) is 3. The highest BCUT2D eigenvalue weighted by molar-refractivity contribution is 5.91. The second-order valence-electron chi connectivity index (χ2n) is 7.29. The van der Waals surface area contributed by atoms with Gasteiger partial charge in [-0.15, -0.1) is 0 Å². The molecule has 150 valence electrons. The van der Waals surface area contributed by atoms with Gasteiger partial charge in [0.25, 0.3) is 0 Å². The van der Waals surface area contributed by atoms with Crippen LogP contribution in [0.4, 0.5) is 10.5 Å². The summed E-state index contributed by atoms with van der Waals surface area (Å²) < 4.78 is 5.39. The average molecular weight is 383 g/mol. The van der Waals surface area contributed by atoms with Crippen molar-refractivity contribution in [2.45, 2.75) is 39.3 Å². The van der Waals surface area contributed by atoms with Crippen LogP contribution < -0.4 is 10.1 Å². The van der Waals surface area contributed by atoms with E-state index < -0.39 is 0 Å². The third-order valence-corrected chi connectivity index (χ3v) is 5.34. The smallest absolute Gasteiger partial charge is 0.322 e. The van der Waals surface area contributed by atoms with Gasteiger partial charge >= 0.3 is 6.03 Å². The van der Waals surface area contributed by atoms with Gasteiger partial charge in [-0.3, -0.25) is 9.88 Å². The Bertz CT molecular complexity index is 781. The maximum absolute atomic E-state index is 12.9. The molecule has 1 atom stereocenters. The Hall–Kier alpha value is -2.60. The zero-order valence-electron chi connectivity index (χ0n) is 17.0. The van der Waals surface area contributed by atoms with Crippen molar-refractivity contribution in [3.63, 3.8) is 0 Å². The molecule has 28 heavy (non-hydrogen) atoms. The fourth-order valence-electron chi connectivity index (χ4n) is 3.77. The number of hydrogen-bond acceptors (Lipinski definition) is 4. The number of likely N-dealkylation sites (tertiary alicyclic amines) is 1. The largest absolute Gasteiger partial charge is 0.495 e. The molecule has 1 aromatic carbocycles. The molecule has 1 aromatic heterocycles. The number of carbonyl (C=O) groups is 1. The first-order valence-corrected chi connectivity index (χ1v) is 9.94. The van der Waals surface area contributed by atoms with Crippen LogP contribution in [0.3, 0.4) is 0 Å². The number of nitrogens with one attached hydrogen (secondary N) is 1. The number of piperidine rings is 1. The van der Waals surface area contributed by atoms with E-state index in [1.807, 2.05) is 42.4 Å². The van der Waals surface area contributed by atoms with E-state index in [-0.39, 0.29) is 6.03 Å². The molecule has 1 N–H and O–H groups in total. The van der Waals surface area contributed by atoms with Gasteiger partial charge in [-0.2, -0.15) is 0 Å². The van der Waals surface area contributed by atoms with Crippen molar-refractivity contribution in [3.8, 4) is 5.75 Å². The van der Waals surface area contributed by atoms with Gasteiger partial charge in [0.05, 0.1) is 12.8 Å². The van der Waals surface area contributed by atoms with Crippen LogP contribution in [-0.2, 0) is 6.54 Å². The zero-order valence-corrected chi connectivity index (χ0v) is 17.0. The fraction of sp³-hybridized carbons (Fsp3) is 0.455. The van der Waals surface area contributed by atoms with Gasteiger partial charge in [-0.05, 0) is 61.7 Å². The zero-order chi connectivity index (χ0) is 19.9. The van der Waals surface area contributed by atoms with Crippen LogP contribution in [0.1, 0.15) is 30.9 Å². The van der Waals surface area contributed by atoms with E-state index in [1.54, 1.807) is 7.11 Å². The van der Waals surface area contributed by atoms with Gasteiger partial charge in [-0.25, -0.2) is 4.79 Å². The minimum atomic E-state index is -0.0615. The van der Waals surface area contributed by atoms with E-state index in [0.29, 0.717) is 11.8 Å². The van der Waals surface area contributed by atoms with Gasteiger partial charge in [0.2, 0.25) is 0 Å². The highest BCUT2D eigenvalue weighted by atomic mass is 16.5. The van der Waals surface area contributed by atoms with Gasteiger partial charge in [-0.1, -0.05) is 13.0 Å². The van der Waals surface area contributed by atoms with E-state index in [0.717, 1.165) is 50.3 Å². The molecule has 0 saturated carbocycles. The average Bonchev–Trinajstić information content (AvgIpc) is 2.73. The molecule has 0 radical (unpaired) electrons. The molecule has 2 aromatic rings. The third-order valence-electron chi connectivity index (χ3n) is 5.34. The number of methoxy groups -OCH3 is 1. The lowest BCUT2D eigenvalue weighted by atomic mass is 10.0. The minimum Gasteiger partial charge on any atom is -0.495 e. The Kier molecular flexibility index (Phi) is 6.87. The van der Waals surface area contributed by atoms with Crippen molar-refractivity contribution < 1.29 is 9.53 Å². The van der Waals surface area contributed by atoms with Crippen molar-refractivity contribution in [2.24, 2.45) is 0 Å². The second-order valence-corrected chi connectivity index (χ2v) is 7.29. The topological polar surface area (TPSA) is 57.7 Å². The number of pyridine rings is 1. The molecule has 6 heteroatoms. The quantitative estimate of drug-likeness (QED) is 0.823. The summed E-state index contributed by atoms with van der Waals surface area (Å²) >= 11 is 0. The number of amides is 2. The van der Waals surface area contributed by atoms with Crippen molar-refractivity contribution in [2.75, 3.05) is 32.1 Å². The molecule has 0 aliphatic carbocycles. The Balaban J connectivity index is 1.65. The maximum atomic E-state index is 12.9.